The van der Waals surface area contributed by atoms with E-state index >= 15 is 4.39 Å². The molecule has 4 heterocycles. The molecule has 45 heavy (non-hydrogen) atoms. The quantitative estimate of drug-likeness (QED) is 0.253. The highest BCUT2D eigenvalue weighted by Crippen LogP contribution is 2.37. The van der Waals surface area contributed by atoms with Gasteiger partial charge in [0, 0.05) is 48.9 Å². The van der Waals surface area contributed by atoms with Crippen LogP contribution in [0.3, 0.4) is 0 Å². The molecule has 2 aromatic carbocycles. The van der Waals surface area contributed by atoms with E-state index in [4.69, 9.17) is 11.6 Å². The Labute approximate surface area is 260 Å². The van der Waals surface area contributed by atoms with E-state index in [2.05, 4.69) is 25.6 Å². The van der Waals surface area contributed by atoms with Crippen LogP contribution in [0, 0.1) is 5.82 Å². The third-order valence-corrected chi connectivity index (χ3v) is 7.84. The number of aromatic carboxylic acids is 1. The van der Waals surface area contributed by atoms with E-state index in [1.807, 2.05) is 31.4 Å². The van der Waals surface area contributed by atoms with E-state index in [9.17, 15) is 19.5 Å². The molecule has 1 aliphatic rings. The van der Waals surface area contributed by atoms with Crippen molar-refractivity contribution in [2.75, 3.05) is 6.54 Å². The maximum atomic E-state index is 15.2. The second kappa shape index (κ2) is 12.2. The fourth-order valence-electron chi connectivity index (χ4n) is 5.45. The lowest BCUT2D eigenvalue weighted by Gasteiger charge is -2.37. The molecule has 1 aliphatic heterocycles. The van der Waals surface area contributed by atoms with Crippen molar-refractivity contribution in [2.24, 2.45) is 7.05 Å². The lowest BCUT2D eigenvalue weighted by Crippen LogP contribution is -2.43. The first-order valence-electron chi connectivity index (χ1n) is 13.7. The van der Waals surface area contributed by atoms with Crippen molar-refractivity contribution in [1.82, 2.24) is 39.9 Å². The Morgan fingerprint density at radius 3 is 2.67 bits per heavy atom. The summed E-state index contributed by atoms with van der Waals surface area (Å²) in [7, 11) is 1.81. The normalized spacial score (nSPS) is 14.5. The lowest BCUT2D eigenvalue weighted by atomic mass is 9.84. The number of carboxylic acids is 1. The first-order valence-corrected chi connectivity index (χ1v) is 14.1. The number of carbonyl (C=O) groups is 3. The molecule has 1 unspecified atom stereocenters. The Morgan fingerprint density at radius 1 is 1.13 bits per heavy atom. The molecule has 1 N–H and O–H groups in total. The molecule has 0 aliphatic carbocycles. The van der Waals surface area contributed by atoms with Gasteiger partial charge in [0.05, 0.1) is 28.9 Å². The molecular formula is C31H24ClFN8O4. The van der Waals surface area contributed by atoms with Crippen LogP contribution in [-0.2, 0) is 29.5 Å². The van der Waals surface area contributed by atoms with Gasteiger partial charge in [-0.25, -0.2) is 9.18 Å². The number of aromatic nitrogens is 7. The maximum Gasteiger partial charge on any atom is 0.337 e. The van der Waals surface area contributed by atoms with Crippen molar-refractivity contribution in [3.8, 4) is 16.8 Å². The molecule has 3 aromatic heterocycles. The average Bonchev–Trinajstić information content (AvgIpc) is 3.73. The van der Waals surface area contributed by atoms with Crippen LogP contribution in [0.4, 0.5) is 4.39 Å². The van der Waals surface area contributed by atoms with E-state index in [0.717, 1.165) is 16.7 Å². The Kier molecular flexibility index (Phi) is 8.00. The maximum absolute atomic E-state index is 15.2. The van der Waals surface area contributed by atoms with Crippen molar-refractivity contribution < 1.29 is 23.9 Å². The Bertz CT molecular complexity index is 1960. The minimum atomic E-state index is -1.13. The van der Waals surface area contributed by atoms with Crippen LogP contribution in [0.15, 0.2) is 73.5 Å². The summed E-state index contributed by atoms with van der Waals surface area (Å²) in [6.07, 6.45) is 8.87. The van der Waals surface area contributed by atoms with E-state index in [1.165, 1.54) is 58.5 Å². The monoisotopic (exact) mass is 626 g/mol. The van der Waals surface area contributed by atoms with Crippen LogP contribution in [-0.4, -0.2) is 69.2 Å². The summed E-state index contributed by atoms with van der Waals surface area (Å²) in [5.41, 5.74) is 3.94. The second-order valence-electron chi connectivity index (χ2n) is 10.3. The molecule has 5 aromatic rings. The third kappa shape index (κ3) is 5.85. The summed E-state index contributed by atoms with van der Waals surface area (Å²) in [6, 6.07) is 10.3. The summed E-state index contributed by atoms with van der Waals surface area (Å²) in [5.74, 6) is -2.74. The molecular weight excluding hydrogens is 603 g/mol. The van der Waals surface area contributed by atoms with Gasteiger partial charge in [-0.1, -0.05) is 29.8 Å². The van der Waals surface area contributed by atoms with Crippen molar-refractivity contribution >= 4 is 35.3 Å². The third-order valence-electron chi connectivity index (χ3n) is 7.55. The van der Waals surface area contributed by atoms with E-state index in [0.29, 0.717) is 17.7 Å². The number of Topliss-reactive ketones (excluding diaryl/α,β-unsaturated/α-hetero) is 1. The number of fused-ring (bicyclic) bond motifs is 1. The highest BCUT2D eigenvalue weighted by Gasteiger charge is 2.36. The zero-order valence-electron chi connectivity index (χ0n) is 23.7. The van der Waals surface area contributed by atoms with Crippen LogP contribution in [0.2, 0.25) is 5.02 Å². The van der Waals surface area contributed by atoms with Crippen LogP contribution in [0.5, 0.6) is 0 Å². The van der Waals surface area contributed by atoms with Crippen molar-refractivity contribution in [3.63, 3.8) is 0 Å². The number of rotatable bonds is 8. The highest BCUT2D eigenvalue weighted by atomic mass is 35.5. The average molecular weight is 627 g/mol. The number of amides is 1. The zero-order chi connectivity index (χ0) is 31.7. The van der Waals surface area contributed by atoms with Crippen LogP contribution in [0.25, 0.3) is 22.9 Å². The molecule has 0 saturated heterocycles. The molecule has 0 radical (unpaired) electrons. The largest absolute Gasteiger partial charge is 0.478 e. The number of benzene rings is 2. The van der Waals surface area contributed by atoms with Crippen molar-refractivity contribution in [3.05, 3.63) is 112 Å². The highest BCUT2D eigenvalue weighted by molar-refractivity contribution is 6.31. The minimum Gasteiger partial charge on any atom is -0.478 e. The number of pyridine rings is 1. The van der Waals surface area contributed by atoms with E-state index in [-0.39, 0.29) is 40.6 Å². The fraction of sp³-hybridized carbons (Fsp3) is 0.161. The Balaban J connectivity index is 1.38. The number of hydrogen-bond acceptors (Lipinski definition) is 8. The van der Waals surface area contributed by atoms with Crippen LogP contribution >= 0.6 is 11.6 Å². The van der Waals surface area contributed by atoms with Gasteiger partial charge < -0.3 is 10.0 Å². The SMILES string of the molecule is Cn1cc(-c2cccc3c2CCN(C(=O)/C=C/c2c(-n4cnnn4)ccc(Cl)c2F)C3C(=O)Cc2ccc(C(=O)O)cn2)cn1. The predicted octanol–water partition coefficient (Wildman–Crippen LogP) is 3.90. The summed E-state index contributed by atoms with van der Waals surface area (Å²) in [5, 5.41) is 24.3. The molecule has 1 atom stereocenters. The molecule has 0 saturated carbocycles. The molecule has 14 heteroatoms. The lowest BCUT2D eigenvalue weighted by molar-refractivity contribution is -0.136. The van der Waals surface area contributed by atoms with Crippen molar-refractivity contribution in [1.29, 1.82) is 0 Å². The summed E-state index contributed by atoms with van der Waals surface area (Å²) in [6.45, 7) is 0.202. The van der Waals surface area contributed by atoms with Gasteiger partial charge in [0.15, 0.2) is 11.6 Å². The molecule has 1 amide bonds. The Morgan fingerprint density at radius 2 is 1.98 bits per heavy atom. The number of aryl methyl sites for hydroxylation is 1. The number of carbonyl (C=O) groups excluding carboxylic acids is 2. The number of ketones is 1. The minimum absolute atomic E-state index is 0.00782. The standard InChI is InChI=1S/C31H24ClFN8O4/c1-39-16-19(15-36-39)21-3-2-4-23-22(21)11-12-40(30(23)27(42)13-20-6-5-18(14-34-20)31(44)45)28(43)10-7-24-26(41-17-35-37-38-41)9-8-25(32)29(24)33/h2-10,14-17,30H,11-13H2,1H3,(H,44,45)/b10-7+. The second-order valence-corrected chi connectivity index (χ2v) is 10.7. The van der Waals surface area contributed by atoms with Gasteiger partial charge >= 0.3 is 5.97 Å². The topological polar surface area (TPSA) is 149 Å². The number of carboxylic acid groups (broad SMARTS) is 1. The molecule has 0 fully saturated rings. The molecule has 0 bridgehead atoms. The smallest absolute Gasteiger partial charge is 0.337 e. The van der Waals surface area contributed by atoms with Gasteiger partial charge in [0.25, 0.3) is 0 Å². The van der Waals surface area contributed by atoms with Gasteiger partial charge in [-0.05, 0) is 63.9 Å². The van der Waals surface area contributed by atoms with Crippen LogP contribution in [0.1, 0.15) is 38.8 Å². The zero-order valence-corrected chi connectivity index (χ0v) is 24.5. The molecule has 226 valence electrons. The number of halogens is 2. The number of hydrogen-bond donors (Lipinski definition) is 1. The van der Waals surface area contributed by atoms with E-state index in [1.54, 1.807) is 10.9 Å². The van der Waals surface area contributed by atoms with Gasteiger partial charge in [-0.15, -0.1) is 5.10 Å². The molecule has 6 rings (SSSR count). The fourth-order valence-corrected chi connectivity index (χ4v) is 5.62. The van der Waals surface area contributed by atoms with E-state index < -0.39 is 23.7 Å². The molecule has 0 spiro atoms. The van der Waals surface area contributed by atoms with Gasteiger partial charge in [0.1, 0.15) is 12.4 Å². The van der Waals surface area contributed by atoms with Gasteiger partial charge in [-0.3, -0.25) is 19.3 Å². The molecule has 12 nitrogen and oxygen atoms in total. The first kappa shape index (κ1) is 29.5. The summed E-state index contributed by atoms with van der Waals surface area (Å²) < 4.78 is 18.1. The first-order chi connectivity index (χ1) is 21.7. The predicted molar refractivity (Wildman–Crippen MR) is 160 cm³/mol. The van der Waals surface area contributed by atoms with Gasteiger partial charge in [-0.2, -0.15) is 9.78 Å². The summed E-state index contributed by atoms with van der Waals surface area (Å²) in [4.78, 5) is 44.7. The van der Waals surface area contributed by atoms with Crippen LogP contribution < -0.4 is 0 Å². The summed E-state index contributed by atoms with van der Waals surface area (Å²) >= 11 is 6.05. The number of tetrazole rings is 1. The number of nitrogens with zero attached hydrogens (tertiary/aromatic N) is 8. The van der Waals surface area contributed by atoms with Gasteiger partial charge in [0.2, 0.25) is 5.91 Å². The van der Waals surface area contributed by atoms with Crippen molar-refractivity contribution in [2.45, 2.75) is 18.9 Å². The Hall–Kier alpha value is -5.56.